The van der Waals surface area contributed by atoms with Crippen LogP contribution in [0.3, 0.4) is 0 Å². The maximum atomic E-state index is 13.5. The number of hydrogen-bond donors (Lipinski definition) is 2. The quantitative estimate of drug-likeness (QED) is 0.906. The Morgan fingerprint density at radius 3 is 2.79 bits per heavy atom. The fraction of sp³-hybridized carbons (Fsp3) is 0. The van der Waals surface area contributed by atoms with E-state index in [4.69, 9.17) is 16.2 Å². The molecule has 0 unspecified atom stereocenters. The molecule has 0 bridgehead atoms. The van der Waals surface area contributed by atoms with Crippen LogP contribution >= 0.6 is 15.9 Å². The van der Waals surface area contributed by atoms with Gasteiger partial charge in [0, 0.05) is 10.7 Å². The molecule has 0 atom stereocenters. The first-order chi connectivity index (χ1) is 8.99. The zero-order chi connectivity index (χ0) is 14.0. The number of pyridine rings is 1. The molecule has 1 heterocycles. The number of halogens is 2. The number of primary amides is 1. The molecule has 1 aromatic heterocycles. The predicted octanol–water partition coefficient (Wildman–Crippen LogP) is 2.46. The lowest BCUT2D eigenvalue weighted by Gasteiger charge is -2.10. The summed E-state index contributed by atoms with van der Waals surface area (Å²) in [6.07, 6.45) is 1.47. The normalized spacial score (nSPS) is 10.2. The van der Waals surface area contributed by atoms with Crippen LogP contribution in [-0.4, -0.2) is 10.9 Å². The Morgan fingerprint density at radius 1 is 1.42 bits per heavy atom. The minimum Gasteiger partial charge on any atom is -0.436 e. The van der Waals surface area contributed by atoms with Crippen molar-refractivity contribution in [3.63, 3.8) is 0 Å². The molecule has 7 heteroatoms. The number of nitrogens with zero attached hydrogens (tertiary/aromatic N) is 1. The van der Waals surface area contributed by atoms with E-state index in [0.29, 0.717) is 4.47 Å². The van der Waals surface area contributed by atoms with E-state index in [1.54, 1.807) is 6.07 Å². The maximum absolute atomic E-state index is 13.5. The topological polar surface area (TPSA) is 91.2 Å². The Morgan fingerprint density at radius 2 is 2.16 bits per heavy atom. The van der Waals surface area contributed by atoms with E-state index in [2.05, 4.69) is 20.9 Å². The molecule has 5 nitrogen and oxygen atoms in total. The Labute approximate surface area is 116 Å². The highest BCUT2D eigenvalue weighted by molar-refractivity contribution is 9.10. The van der Waals surface area contributed by atoms with Crippen LogP contribution in [0.2, 0.25) is 0 Å². The molecule has 0 aliphatic heterocycles. The first-order valence-electron chi connectivity index (χ1n) is 5.16. The van der Waals surface area contributed by atoms with Gasteiger partial charge in [0.2, 0.25) is 5.88 Å². The summed E-state index contributed by atoms with van der Waals surface area (Å²) in [5, 5.41) is 0. The third-order valence-corrected chi connectivity index (χ3v) is 2.71. The summed E-state index contributed by atoms with van der Waals surface area (Å²) in [5.41, 5.74) is 10.7. The van der Waals surface area contributed by atoms with Crippen molar-refractivity contribution < 1.29 is 13.9 Å². The van der Waals surface area contributed by atoms with Gasteiger partial charge in [0.05, 0.1) is 5.69 Å². The van der Waals surface area contributed by atoms with Crippen LogP contribution in [0, 0.1) is 5.82 Å². The Balaban J connectivity index is 2.44. The van der Waals surface area contributed by atoms with E-state index < -0.39 is 11.7 Å². The van der Waals surface area contributed by atoms with Gasteiger partial charge >= 0.3 is 0 Å². The lowest BCUT2D eigenvalue weighted by atomic mass is 10.2. The van der Waals surface area contributed by atoms with Gasteiger partial charge in [0.25, 0.3) is 5.91 Å². The highest BCUT2D eigenvalue weighted by atomic mass is 79.9. The minimum absolute atomic E-state index is 0.0333. The Kier molecular flexibility index (Phi) is 3.66. The van der Waals surface area contributed by atoms with E-state index in [0.717, 1.165) is 6.07 Å². The standard InChI is InChI=1S/C12H9BrFN3O2/c13-6-4-8(15)12(17-5-6)19-9-3-1-2-7(14)10(9)11(16)18/h1-5H,15H2,(H2,16,18). The molecule has 0 saturated heterocycles. The smallest absolute Gasteiger partial charge is 0.255 e. The number of nitrogens with two attached hydrogens (primary N) is 2. The molecule has 0 fully saturated rings. The molecule has 0 radical (unpaired) electrons. The monoisotopic (exact) mass is 325 g/mol. The maximum Gasteiger partial charge on any atom is 0.255 e. The van der Waals surface area contributed by atoms with Crippen molar-refractivity contribution in [2.75, 3.05) is 5.73 Å². The fourth-order valence-electron chi connectivity index (χ4n) is 1.46. The number of carbonyl (C=O) groups excluding carboxylic acids is 1. The van der Waals surface area contributed by atoms with Gasteiger partial charge in [-0.15, -0.1) is 0 Å². The SMILES string of the molecule is NC(=O)c1c(F)cccc1Oc1ncc(Br)cc1N. The average molecular weight is 326 g/mol. The average Bonchev–Trinajstić information content (AvgIpc) is 2.32. The van der Waals surface area contributed by atoms with Crippen LogP contribution in [0.4, 0.5) is 10.1 Å². The van der Waals surface area contributed by atoms with Crippen molar-refractivity contribution in [1.82, 2.24) is 4.98 Å². The lowest BCUT2D eigenvalue weighted by molar-refractivity contribution is 0.0994. The Hall–Kier alpha value is -2.15. The molecular formula is C12H9BrFN3O2. The van der Waals surface area contributed by atoms with Gasteiger partial charge in [-0.05, 0) is 34.1 Å². The summed E-state index contributed by atoms with van der Waals surface area (Å²) in [5.74, 6) is -1.66. The summed E-state index contributed by atoms with van der Waals surface area (Å²) in [7, 11) is 0. The second-order valence-corrected chi connectivity index (χ2v) is 4.54. The molecule has 0 saturated carbocycles. The van der Waals surface area contributed by atoms with Crippen molar-refractivity contribution in [3.05, 3.63) is 46.3 Å². The summed E-state index contributed by atoms with van der Waals surface area (Å²) >= 11 is 3.20. The number of nitrogen functional groups attached to an aromatic ring is 1. The van der Waals surface area contributed by atoms with E-state index >= 15 is 0 Å². The molecule has 98 valence electrons. The third kappa shape index (κ3) is 2.82. The lowest BCUT2D eigenvalue weighted by Crippen LogP contribution is -2.14. The van der Waals surface area contributed by atoms with Crippen molar-refractivity contribution >= 4 is 27.5 Å². The van der Waals surface area contributed by atoms with Crippen LogP contribution < -0.4 is 16.2 Å². The molecule has 1 aromatic carbocycles. The van der Waals surface area contributed by atoms with Gasteiger partial charge in [-0.2, -0.15) is 0 Å². The van der Waals surface area contributed by atoms with Gasteiger partial charge in [0.1, 0.15) is 17.1 Å². The van der Waals surface area contributed by atoms with Gasteiger partial charge in [0.15, 0.2) is 0 Å². The van der Waals surface area contributed by atoms with Crippen LogP contribution in [0.15, 0.2) is 34.9 Å². The summed E-state index contributed by atoms with van der Waals surface area (Å²) in [6, 6.07) is 5.50. The first kappa shape index (κ1) is 13.3. The van der Waals surface area contributed by atoms with Crippen molar-refractivity contribution in [2.45, 2.75) is 0 Å². The van der Waals surface area contributed by atoms with E-state index in [1.165, 1.54) is 18.3 Å². The van der Waals surface area contributed by atoms with Gasteiger partial charge < -0.3 is 16.2 Å². The Bertz CT molecular complexity index is 649. The summed E-state index contributed by atoms with van der Waals surface area (Å²) in [4.78, 5) is 15.1. The molecule has 0 aliphatic carbocycles. The van der Waals surface area contributed by atoms with Gasteiger partial charge in [-0.1, -0.05) is 6.07 Å². The predicted molar refractivity (Wildman–Crippen MR) is 71.3 cm³/mol. The number of ether oxygens (including phenoxy) is 1. The fourth-order valence-corrected chi connectivity index (χ4v) is 1.81. The number of amides is 1. The van der Waals surface area contributed by atoms with Crippen molar-refractivity contribution in [1.29, 1.82) is 0 Å². The molecule has 2 aromatic rings. The number of benzene rings is 1. The molecule has 1 amide bonds. The third-order valence-electron chi connectivity index (χ3n) is 2.27. The number of rotatable bonds is 3. The molecule has 2 rings (SSSR count). The van der Waals surface area contributed by atoms with Crippen LogP contribution in [0.25, 0.3) is 0 Å². The van der Waals surface area contributed by atoms with Crippen molar-refractivity contribution in [2.24, 2.45) is 5.73 Å². The second kappa shape index (κ2) is 5.23. The second-order valence-electron chi connectivity index (χ2n) is 3.63. The van der Waals surface area contributed by atoms with E-state index in [1.807, 2.05) is 0 Å². The number of anilines is 1. The van der Waals surface area contributed by atoms with Crippen LogP contribution in [0.1, 0.15) is 10.4 Å². The number of hydrogen-bond acceptors (Lipinski definition) is 4. The summed E-state index contributed by atoms with van der Waals surface area (Å²) in [6.45, 7) is 0. The first-order valence-corrected chi connectivity index (χ1v) is 5.95. The molecular weight excluding hydrogens is 317 g/mol. The largest absolute Gasteiger partial charge is 0.436 e. The number of aromatic nitrogens is 1. The minimum atomic E-state index is -0.927. The molecule has 19 heavy (non-hydrogen) atoms. The summed E-state index contributed by atoms with van der Waals surface area (Å²) < 4.78 is 19.5. The van der Waals surface area contributed by atoms with Crippen molar-refractivity contribution in [3.8, 4) is 11.6 Å². The van der Waals surface area contributed by atoms with E-state index in [9.17, 15) is 9.18 Å². The number of carbonyl (C=O) groups is 1. The van der Waals surface area contributed by atoms with Gasteiger partial charge in [-0.3, -0.25) is 4.79 Å². The zero-order valence-electron chi connectivity index (χ0n) is 9.56. The molecule has 0 aliphatic rings. The van der Waals surface area contributed by atoms with Gasteiger partial charge in [-0.25, -0.2) is 9.37 Å². The highest BCUT2D eigenvalue weighted by Crippen LogP contribution is 2.30. The molecule has 4 N–H and O–H groups in total. The zero-order valence-corrected chi connectivity index (χ0v) is 11.1. The molecule has 0 spiro atoms. The van der Waals surface area contributed by atoms with Crippen LogP contribution in [-0.2, 0) is 0 Å². The van der Waals surface area contributed by atoms with Crippen LogP contribution in [0.5, 0.6) is 11.6 Å². The van der Waals surface area contributed by atoms with E-state index in [-0.39, 0.29) is 22.9 Å². The highest BCUT2D eigenvalue weighted by Gasteiger charge is 2.17.